The minimum absolute atomic E-state index is 0.0502. The number of nitrogens with two attached hydrogens (primary N) is 1. The third kappa shape index (κ3) is 2.59. The molecule has 1 amide bonds. The van der Waals surface area contributed by atoms with Crippen molar-refractivity contribution in [3.05, 3.63) is 29.6 Å². The zero-order chi connectivity index (χ0) is 16.4. The van der Waals surface area contributed by atoms with Gasteiger partial charge in [0.25, 0.3) is 0 Å². The Morgan fingerprint density at radius 3 is 2.87 bits per heavy atom. The number of imidazole rings is 1. The normalized spacial score (nSPS) is 11.6. The first kappa shape index (κ1) is 14.2. The molecule has 1 aromatic carbocycles. The van der Waals surface area contributed by atoms with Gasteiger partial charge >= 0.3 is 0 Å². The number of carbonyl (C=O) groups excluding carboxylic acids is 1. The molecule has 0 spiro atoms. The van der Waals surface area contributed by atoms with E-state index in [-0.39, 0.29) is 30.7 Å². The second kappa shape index (κ2) is 5.58. The fraction of sp³-hybridized carbons (Fsp3) is 0.143. The monoisotopic (exact) mass is 310 g/mol. The molecule has 2 heterocycles. The zero-order valence-corrected chi connectivity index (χ0v) is 11.7. The van der Waals surface area contributed by atoms with Crippen LogP contribution in [0.25, 0.3) is 0 Å². The molecule has 3 rings (SSSR count). The van der Waals surface area contributed by atoms with Gasteiger partial charge in [0.05, 0.1) is 0 Å². The molecule has 0 radical (unpaired) electrons. The number of ether oxygens (including phenoxy) is 2. The summed E-state index contributed by atoms with van der Waals surface area (Å²) in [5, 5.41) is 20.6. The van der Waals surface area contributed by atoms with E-state index in [4.69, 9.17) is 25.7 Å². The minimum Gasteiger partial charge on any atom is -0.454 e. The molecule has 2 aromatic rings. The molecule has 23 heavy (non-hydrogen) atoms. The van der Waals surface area contributed by atoms with E-state index in [1.165, 1.54) is 4.57 Å². The maximum absolute atomic E-state index is 12.1. The number of carbonyl (C=O) groups is 1. The van der Waals surface area contributed by atoms with Gasteiger partial charge in [0.15, 0.2) is 22.9 Å². The maximum Gasteiger partial charge on any atom is 0.244 e. The van der Waals surface area contributed by atoms with Gasteiger partial charge in [-0.15, -0.1) is 0 Å². The van der Waals surface area contributed by atoms with E-state index in [0.717, 1.165) is 0 Å². The van der Waals surface area contributed by atoms with Crippen LogP contribution in [0.4, 0.5) is 11.6 Å². The average Bonchev–Trinajstić information content (AvgIpc) is 3.11. The summed E-state index contributed by atoms with van der Waals surface area (Å²) < 4.78 is 11.6. The molecule has 0 aliphatic carbocycles. The Kier molecular flexibility index (Phi) is 3.45. The Bertz CT molecular complexity index is 874. The Morgan fingerprint density at radius 2 is 2.13 bits per heavy atom. The van der Waals surface area contributed by atoms with Crippen molar-refractivity contribution in [1.82, 2.24) is 9.55 Å². The number of nitrogen functional groups attached to an aromatic ring is 1. The van der Waals surface area contributed by atoms with Gasteiger partial charge in [-0.25, -0.2) is 4.98 Å². The van der Waals surface area contributed by atoms with E-state index in [2.05, 4.69) is 10.3 Å². The predicted molar refractivity (Wildman–Crippen MR) is 77.3 cm³/mol. The number of rotatable bonds is 3. The summed E-state index contributed by atoms with van der Waals surface area (Å²) in [6, 6.07) is 8.55. The van der Waals surface area contributed by atoms with Gasteiger partial charge in [-0.3, -0.25) is 9.36 Å². The SMILES string of the molecule is N#Cc1nc(N)n(CC(=O)Nc2ccc3c(c2)OCO3)c1C#N. The van der Waals surface area contributed by atoms with Crippen LogP contribution in [0, 0.1) is 22.7 Å². The molecule has 9 nitrogen and oxygen atoms in total. The number of nitriles is 2. The fourth-order valence-corrected chi connectivity index (χ4v) is 2.14. The lowest BCUT2D eigenvalue weighted by atomic mass is 10.2. The summed E-state index contributed by atoms with van der Waals surface area (Å²) in [5.41, 5.74) is 5.99. The Hall–Kier alpha value is -3.72. The summed E-state index contributed by atoms with van der Waals surface area (Å²) in [6.45, 7) is -0.0986. The summed E-state index contributed by atoms with van der Waals surface area (Å²) in [5.74, 6) is 0.648. The quantitative estimate of drug-likeness (QED) is 0.844. The molecule has 3 N–H and O–H groups in total. The molecular formula is C14H10N6O3. The lowest BCUT2D eigenvalue weighted by molar-refractivity contribution is -0.116. The van der Waals surface area contributed by atoms with Crippen molar-refractivity contribution in [2.45, 2.75) is 6.54 Å². The summed E-state index contributed by atoms with van der Waals surface area (Å²) in [4.78, 5) is 15.9. The van der Waals surface area contributed by atoms with Crippen LogP contribution < -0.4 is 20.5 Å². The number of amides is 1. The van der Waals surface area contributed by atoms with Crippen molar-refractivity contribution >= 4 is 17.5 Å². The van der Waals surface area contributed by atoms with Gasteiger partial charge in [-0.05, 0) is 12.1 Å². The number of nitrogens with zero attached hydrogens (tertiary/aromatic N) is 4. The van der Waals surface area contributed by atoms with Crippen LogP contribution in [-0.4, -0.2) is 22.3 Å². The third-order valence-electron chi connectivity index (χ3n) is 3.17. The van der Waals surface area contributed by atoms with Crippen molar-refractivity contribution < 1.29 is 14.3 Å². The maximum atomic E-state index is 12.1. The Balaban J connectivity index is 1.77. The highest BCUT2D eigenvalue weighted by Gasteiger charge is 2.18. The van der Waals surface area contributed by atoms with Gasteiger partial charge < -0.3 is 20.5 Å². The standard InChI is InChI=1S/C14H10N6O3/c15-4-9-10(5-16)20(14(17)19-9)6-13(21)18-8-1-2-11-12(3-8)23-7-22-11/h1-3H,6-7H2,(H2,17,19)(H,18,21). The van der Waals surface area contributed by atoms with Gasteiger partial charge in [0.2, 0.25) is 18.6 Å². The van der Waals surface area contributed by atoms with E-state index >= 15 is 0 Å². The Labute approximate surface area is 130 Å². The van der Waals surface area contributed by atoms with Crippen LogP contribution in [0.1, 0.15) is 11.4 Å². The van der Waals surface area contributed by atoms with Crippen LogP contribution in [0.5, 0.6) is 11.5 Å². The number of nitrogens with one attached hydrogen (secondary N) is 1. The number of hydrogen-bond donors (Lipinski definition) is 2. The molecule has 0 unspecified atom stereocenters. The second-order valence-electron chi connectivity index (χ2n) is 4.59. The van der Waals surface area contributed by atoms with Crippen LogP contribution >= 0.6 is 0 Å². The molecule has 0 bridgehead atoms. The van der Waals surface area contributed by atoms with Crippen molar-refractivity contribution in [2.75, 3.05) is 17.8 Å². The average molecular weight is 310 g/mol. The number of benzene rings is 1. The van der Waals surface area contributed by atoms with Crippen LogP contribution in [0.15, 0.2) is 18.2 Å². The first-order valence-electron chi connectivity index (χ1n) is 6.48. The van der Waals surface area contributed by atoms with Gasteiger partial charge in [0, 0.05) is 11.8 Å². The number of hydrogen-bond acceptors (Lipinski definition) is 7. The van der Waals surface area contributed by atoms with Crippen LogP contribution in [0.3, 0.4) is 0 Å². The molecule has 114 valence electrons. The molecular weight excluding hydrogens is 300 g/mol. The van der Waals surface area contributed by atoms with Crippen molar-refractivity contribution in [3.63, 3.8) is 0 Å². The number of anilines is 2. The van der Waals surface area contributed by atoms with E-state index in [9.17, 15) is 4.79 Å². The molecule has 0 fully saturated rings. The largest absolute Gasteiger partial charge is 0.454 e. The first-order valence-corrected chi connectivity index (χ1v) is 6.48. The van der Waals surface area contributed by atoms with E-state index in [0.29, 0.717) is 17.2 Å². The third-order valence-corrected chi connectivity index (χ3v) is 3.17. The summed E-state index contributed by atoms with van der Waals surface area (Å²) in [6.07, 6.45) is 0. The van der Waals surface area contributed by atoms with Crippen LogP contribution in [0.2, 0.25) is 0 Å². The summed E-state index contributed by atoms with van der Waals surface area (Å²) in [7, 11) is 0. The smallest absolute Gasteiger partial charge is 0.244 e. The van der Waals surface area contributed by atoms with Crippen molar-refractivity contribution in [1.29, 1.82) is 10.5 Å². The lowest BCUT2D eigenvalue weighted by Gasteiger charge is -2.08. The highest BCUT2D eigenvalue weighted by Crippen LogP contribution is 2.34. The fourth-order valence-electron chi connectivity index (χ4n) is 2.14. The second-order valence-corrected chi connectivity index (χ2v) is 4.59. The van der Waals surface area contributed by atoms with E-state index < -0.39 is 5.91 Å². The Morgan fingerprint density at radius 1 is 1.35 bits per heavy atom. The summed E-state index contributed by atoms with van der Waals surface area (Å²) >= 11 is 0. The molecule has 0 saturated carbocycles. The van der Waals surface area contributed by atoms with Gasteiger partial charge in [-0.2, -0.15) is 10.5 Å². The molecule has 1 aliphatic heterocycles. The molecule has 1 aromatic heterocycles. The minimum atomic E-state index is -0.422. The van der Waals surface area contributed by atoms with Gasteiger partial charge in [0.1, 0.15) is 18.7 Å². The number of fused-ring (bicyclic) bond motifs is 1. The van der Waals surface area contributed by atoms with E-state index in [1.807, 2.05) is 6.07 Å². The molecule has 0 atom stereocenters. The topological polar surface area (TPSA) is 139 Å². The highest BCUT2D eigenvalue weighted by molar-refractivity contribution is 5.91. The molecule has 0 saturated heterocycles. The molecule has 1 aliphatic rings. The highest BCUT2D eigenvalue weighted by atomic mass is 16.7. The number of aromatic nitrogens is 2. The van der Waals surface area contributed by atoms with Crippen LogP contribution in [-0.2, 0) is 11.3 Å². The van der Waals surface area contributed by atoms with Crippen molar-refractivity contribution in [3.8, 4) is 23.6 Å². The lowest BCUT2D eigenvalue weighted by Crippen LogP contribution is -2.20. The first-order chi connectivity index (χ1) is 11.1. The molecule has 9 heteroatoms. The van der Waals surface area contributed by atoms with Crippen molar-refractivity contribution in [2.24, 2.45) is 0 Å². The van der Waals surface area contributed by atoms with Gasteiger partial charge in [-0.1, -0.05) is 0 Å². The van der Waals surface area contributed by atoms with E-state index in [1.54, 1.807) is 24.3 Å². The zero-order valence-electron chi connectivity index (χ0n) is 11.7. The predicted octanol–water partition coefficient (Wildman–Crippen LogP) is 0.576.